The Morgan fingerprint density at radius 1 is 1.03 bits per heavy atom. The highest BCUT2D eigenvalue weighted by Gasteiger charge is 2.42. The third-order valence-electron chi connectivity index (χ3n) is 5.88. The zero-order valence-corrected chi connectivity index (χ0v) is 17.2. The normalized spacial score (nSPS) is 19.1. The SMILES string of the molecule is CC(C)c1ccc([C@@H]2NC(=O)N(C)C3=C2C(=O)N(CCc2ccccc2)C3)cc1. The van der Waals surface area contributed by atoms with Crippen molar-refractivity contribution in [3.8, 4) is 0 Å². The lowest BCUT2D eigenvalue weighted by molar-refractivity contribution is -0.125. The van der Waals surface area contributed by atoms with Crippen molar-refractivity contribution in [2.75, 3.05) is 20.1 Å². The van der Waals surface area contributed by atoms with Gasteiger partial charge < -0.3 is 10.2 Å². The third kappa shape index (κ3) is 3.65. The molecule has 2 aliphatic heterocycles. The molecule has 4 rings (SSSR count). The molecular weight excluding hydrogens is 362 g/mol. The van der Waals surface area contributed by atoms with Crippen LogP contribution in [0.3, 0.4) is 0 Å². The highest BCUT2D eigenvalue weighted by atomic mass is 16.2. The van der Waals surface area contributed by atoms with Crippen LogP contribution < -0.4 is 5.32 Å². The predicted octanol–water partition coefficient (Wildman–Crippen LogP) is 3.85. The van der Waals surface area contributed by atoms with Crippen LogP contribution in [0.15, 0.2) is 65.9 Å². The summed E-state index contributed by atoms with van der Waals surface area (Å²) >= 11 is 0. The third-order valence-corrected chi connectivity index (χ3v) is 5.88. The Labute approximate surface area is 172 Å². The summed E-state index contributed by atoms with van der Waals surface area (Å²) in [4.78, 5) is 29.2. The first kappa shape index (κ1) is 19.2. The number of nitrogens with one attached hydrogen (secondary N) is 1. The summed E-state index contributed by atoms with van der Waals surface area (Å²) < 4.78 is 0. The number of hydrogen-bond acceptors (Lipinski definition) is 2. The maximum atomic E-state index is 13.3. The van der Waals surface area contributed by atoms with E-state index >= 15 is 0 Å². The molecule has 2 aromatic rings. The summed E-state index contributed by atoms with van der Waals surface area (Å²) in [5.41, 5.74) is 4.89. The van der Waals surface area contributed by atoms with Gasteiger partial charge in [0.15, 0.2) is 0 Å². The standard InChI is InChI=1S/C24H27N3O2/c1-16(2)18-9-11-19(12-10-18)22-21-20(26(3)24(29)25-22)15-27(23(21)28)14-13-17-7-5-4-6-8-17/h4-12,16,22H,13-15H2,1-3H3,(H,25,29)/t22-/m0/s1. The van der Waals surface area contributed by atoms with Crippen LogP contribution in [0.1, 0.15) is 42.5 Å². The summed E-state index contributed by atoms with van der Waals surface area (Å²) in [5.74, 6) is 0.452. The second kappa shape index (κ2) is 7.74. The molecule has 2 heterocycles. The Morgan fingerprint density at radius 2 is 1.72 bits per heavy atom. The highest BCUT2D eigenvalue weighted by molar-refractivity contribution is 6.01. The molecule has 150 valence electrons. The van der Waals surface area contributed by atoms with Gasteiger partial charge in [0.05, 0.1) is 23.9 Å². The zero-order chi connectivity index (χ0) is 20.5. The molecule has 0 bridgehead atoms. The summed E-state index contributed by atoms with van der Waals surface area (Å²) in [6.07, 6.45) is 0.798. The lowest BCUT2D eigenvalue weighted by atomic mass is 9.93. The number of hydrogen-bond donors (Lipinski definition) is 1. The number of rotatable bonds is 5. The Hall–Kier alpha value is -3.08. The summed E-state index contributed by atoms with van der Waals surface area (Å²) in [7, 11) is 1.73. The van der Waals surface area contributed by atoms with Crippen LogP contribution >= 0.6 is 0 Å². The average molecular weight is 389 g/mol. The number of nitrogens with zero attached hydrogens (tertiary/aromatic N) is 2. The van der Waals surface area contributed by atoms with Crippen molar-refractivity contribution in [2.45, 2.75) is 32.2 Å². The minimum absolute atomic E-state index is 0.0146. The lowest BCUT2D eigenvalue weighted by Gasteiger charge is -2.31. The summed E-state index contributed by atoms with van der Waals surface area (Å²) in [6, 6.07) is 17.8. The minimum Gasteiger partial charge on any atom is -0.333 e. The molecule has 0 saturated carbocycles. The van der Waals surface area contributed by atoms with Crippen molar-refractivity contribution in [1.82, 2.24) is 15.1 Å². The lowest BCUT2D eigenvalue weighted by Crippen LogP contribution is -2.45. The van der Waals surface area contributed by atoms with E-state index in [9.17, 15) is 9.59 Å². The second-order valence-corrected chi connectivity index (χ2v) is 8.09. The molecule has 2 aromatic carbocycles. The molecule has 1 N–H and O–H groups in total. The van der Waals surface area contributed by atoms with Crippen LogP contribution in [0.4, 0.5) is 4.79 Å². The quantitative estimate of drug-likeness (QED) is 0.845. The predicted molar refractivity (Wildman–Crippen MR) is 113 cm³/mol. The molecule has 0 aliphatic carbocycles. The van der Waals surface area contributed by atoms with Crippen molar-refractivity contribution >= 4 is 11.9 Å². The molecule has 2 aliphatic rings. The van der Waals surface area contributed by atoms with E-state index < -0.39 is 6.04 Å². The Morgan fingerprint density at radius 3 is 2.38 bits per heavy atom. The first-order valence-corrected chi connectivity index (χ1v) is 10.2. The van der Waals surface area contributed by atoms with Gasteiger partial charge in [-0.15, -0.1) is 0 Å². The molecule has 5 heteroatoms. The number of amides is 3. The van der Waals surface area contributed by atoms with E-state index in [4.69, 9.17) is 0 Å². The van der Waals surface area contributed by atoms with E-state index in [1.165, 1.54) is 11.1 Å². The Bertz CT molecular complexity index is 948. The minimum atomic E-state index is -0.399. The van der Waals surface area contributed by atoms with Gasteiger partial charge in [0.25, 0.3) is 5.91 Å². The van der Waals surface area contributed by atoms with Gasteiger partial charge in [-0.1, -0.05) is 68.4 Å². The van der Waals surface area contributed by atoms with Gasteiger partial charge in [-0.2, -0.15) is 0 Å². The van der Waals surface area contributed by atoms with Gasteiger partial charge in [-0.05, 0) is 29.0 Å². The van der Waals surface area contributed by atoms with E-state index in [1.54, 1.807) is 11.9 Å². The molecule has 0 saturated heterocycles. The fourth-order valence-electron chi connectivity index (χ4n) is 4.04. The fourth-order valence-corrected chi connectivity index (χ4v) is 4.04. The van der Waals surface area contributed by atoms with Crippen LogP contribution in [0, 0.1) is 0 Å². The monoisotopic (exact) mass is 389 g/mol. The summed E-state index contributed by atoms with van der Waals surface area (Å²) in [5, 5.41) is 3.01. The van der Waals surface area contributed by atoms with Crippen molar-refractivity contribution in [3.05, 3.63) is 82.6 Å². The number of benzene rings is 2. The first-order valence-electron chi connectivity index (χ1n) is 10.2. The molecule has 0 spiro atoms. The van der Waals surface area contributed by atoms with Crippen LogP contribution in [0.5, 0.6) is 0 Å². The van der Waals surface area contributed by atoms with E-state index in [1.807, 2.05) is 35.2 Å². The van der Waals surface area contributed by atoms with E-state index in [0.717, 1.165) is 17.7 Å². The molecule has 1 atom stereocenters. The van der Waals surface area contributed by atoms with Crippen molar-refractivity contribution in [2.24, 2.45) is 0 Å². The maximum Gasteiger partial charge on any atom is 0.322 e. The molecule has 0 radical (unpaired) electrons. The largest absolute Gasteiger partial charge is 0.333 e. The van der Waals surface area contributed by atoms with Gasteiger partial charge >= 0.3 is 6.03 Å². The van der Waals surface area contributed by atoms with Crippen LogP contribution in [-0.4, -0.2) is 41.9 Å². The Kier molecular flexibility index (Phi) is 5.14. The zero-order valence-electron chi connectivity index (χ0n) is 17.2. The van der Waals surface area contributed by atoms with Gasteiger partial charge in [-0.25, -0.2) is 4.79 Å². The van der Waals surface area contributed by atoms with Crippen molar-refractivity contribution in [1.29, 1.82) is 0 Å². The molecule has 0 unspecified atom stereocenters. The number of likely N-dealkylation sites (N-methyl/N-ethyl adjacent to an activating group) is 1. The van der Waals surface area contributed by atoms with Crippen LogP contribution in [-0.2, 0) is 11.2 Å². The van der Waals surface area contributed by atoms with Crippen LogP contribution in [0.2, 0.25) is 0 Å². The molecule has 29 heavy (non-hydrogen) atoms. The fraction of sp³-hybridized carbons (Fsp3) is 0.333. The van der Waals surface area contributed by atoms with Crippen molar-refractivity contribution < 1.29 is 9.59 Å². The van der Waals surface area contributed by atoms with Gasteiger partial charge in [0, 0.05) is 13.6 Å². The van der Waals surface area contributed by atoms with Crippen molar-refractivity contribution in [3.63, 3.8) is 0 Å². The molecule has 3 amide bonds. The van der Waals surface area contributed by atoms with Crippen LogP contribution in [0.25, 0.3) is 0 Å². The Balaban J connectivity index is 1.58. The summed E-state index contributed by atoms with van der Waals surface area (Å²) in [6.45, 7) is 5.42. The molecular formula is C24H27N3O2. The van der Waals surface area contributed by atoms with Gasteiger partial charge in [-0.3, -0.25) is 9.69 Å². The topological polar surface area (TPSA) is 52.7 Å². The average Bonchev–Trinajstić information content (AvgIpc) is 3.07. The highest BCUT2D eigenvalue weighted by Crippen LogP contribution is 2.36. The molecule has 0 aromatic heterocycles. The number of carbonyl (C=O) groups is 2. The van der Waals surface area contributed by atoms with E-state index in [-0.39, 0.29) is 11.9 Å². The van der Waals surface area contributed by atoms with E-state index in [0.29, 0.717) is 24.6 Å². The smallest absolute Gasteiger partial charge is 0.322 e. The molecule has 0 fully saturated rings. The van der Waals surface area contributed by atoms with Gasteiger partial charge in [0.1, 0.15) is 0 Å². The maximum absolute atomic E-state index is 13.3. The molecule has 5 nitrogen and oxygen atoms in total. The number of urea groups is 1. The van der Waals surface area contributed by atoms with Gasteiger partial charge in [0.2, 0.25) is 0 Å². The number of carbonyl (C=O) groups excluding carboxylic acids is 2. The van der Waals surface area contributed by atoms with E-state index in [2.05, 4.69) is 43.4 Å². The second-order valence-electron chi connectivity index (χ2n) is 8.09. The first-order chi connectivity index (χ1) is 14.0.